The van der Waals surface area contributed by atoms with Gasteiger partial charge in [0.2, 0.25) is 5.71 Å². The number of rotatable bonds is 2. The minimum absolute atomic E-state index is 0.0628. The fourth-order valence-electron chi connectivity index (χ4n) is 1.24. The Morgan fingerprint density at radius 2 is 2.12 bits per heavy atom. The van der Waals surface area contributed by atoms with Gasteiger partial charge in [-0.25, -0.2) is 4.98 Å². The van der Waals surface area contributed by atoms with Gasteiger partial charge in [0.25, 0.3) is 0 Å². The van der Waals surface area contributed by atoms with Gasteiger partial charge in [0.1, 0.15) is 6.07 Å². The second kappa shape index (κ2) is 4.55. The Bertz CT molecular complexity index is 554. The third kappa shape index (κ3) is 1.92. The summed E-state index contributed by atoms with van der Waals surface area (Å²) >= 11 is 1.28. The highest BCUT2D eigenvalue weighted by molar-refractivity contribution is 7.12. The molecule has 16 heavy (non-hydrogen) atoms. The van der Waals surface area contributed by atoms with Crippen LogP contribution < -0.4 is 0 Å². The van der Waals surface area contributed by atoms with Crippen molar-refractivity contribution in [2.45, 2.75) is 0 Å². The van der Waals surface area contributed by atoms with Crippen LogP contribution in [0.15, 0.2) is 40.9 Å². The Balaban J connectivity index is 2.38. The SMILES string of the molecule is N#C/C(=N/O)c1nc(-c2ccccc2)cs1. The van der Waals surface area contributed by atoms with Gasteiger partial charge in [0.05, 0.1) is 5.69 Å². The highest BCUT2D eigenvalue weighted by Crippen LogP contribution is 2.21. The van der Waals surface area contributed by atoms with E-state index in [4.69, 9.17) is 10.5 Å². The second-order valence-corrected chi connectivity index (χ2v) is 3.82. The maximum Gasteiger partial charge on any atom is 0.215 e. The van der Waals surface area contributed by atoms with Crippen LogP contribution in [-0.4, -0.2) is 15.9 Å². The zero-order valence-corrected chi connectivity index (χ0v) is 8.98. The first kappa shape index (κ1) is 10.3. The number of oxime groups is 1. The summed E-state index contributed by atoms with van der Waals surface area (Å²) in [5.74, 6) is 0. The fraction of sp³-hybridized carbons (Fsp3) is 0. The summed E-state index contributed by atoms with van der Waals surface area (Å²) in [5, 5.41) is 22.4. The fourth-order valence-corrected chi connectivity index (χ4v) is 2.00. The van der Waals surface area contributed by atoms with Gasteiger partial charge in [0.15, 0.2) is 5.01 Å². The number of nitriles is 1. The molecule has 1 N–H and O–H groups in total. The van der Waals surface area contributed by atoms with Crippen LogP contribution in [0.2, 0.25) is 0 Å². The first-order valence-electron chi connectivity index (χ1n) is 4.48. The average Bonchev–Trinajstić information content (AvgIpc) is 2.81. The third-order valence-corrected chi connectivity index (χ3v) is 2.83. The molecule has 0 saturated heterocycles. The Labute approximate surface area is 96.1 Å². The van der Waals surface area contributed by atoms with Crippen molar-refractivity contribution in [2.75, 3.05) is 0 Å². The summed E-state index contributed by atoms with van der Waals surface area (Å²) in [4.78, 5) is 4.23. The van der Waals surface area contributed by atoms with E-state index in [1.54, 1.807) is 6.07 Å². The first-order valence-corrected chi connectivity index (χ1v) is 5.36. The van der Waals surface area contributed by atoms with Crippen LogP contribution in [0.4, 0.5) is 0 Å². The van der Waals surface area contributed by atoms with Crippen molar-refractivity contribution >= 4 is 17.0 Å². The summed E-state index contributed by atoms with van der Waals surface area (Å²) in [6.45, 7) is 0. The number of aromatic nitrogens is 1. The van der Waals surface area contributed by atoms with Crippen molar-refractivity contribution in [1.82, 2.24) is 4.98 Å². The monoisotopic (exact) mass is 229 g/mol. The van der Waals surface area contributed by atoms with Gasteiger partial charge < -0.3 is 5.21 Å². The number of nitrogens with zero attached hydrogens (tertiary/aromatic N) is 3. The predicted molar refractivity (Wildman–Crippen MR) is 61.5 cm³/mol. The molecule has 0 aliphatic heterocycles. The first-order chi connectivity index (χ1) is 7.85. The van der Waals surface area contributed by atoms with Gasteiger partial charge >= 0.3 is 0 Å². The van der Waals surface area contributed by atoms with Gasteiger partial charge in [-0.2, -0.15) is 5.26 Å². The zero-order valence-electron chi connectivity index (χ0n) is 8.16. The molecule has 2 rings (SSSR count). The molecule has 0 atom stereocenters. The van der Waals surface area contributed by atoms with E-state index in [9.17, 15) is 0 Å². The number of thiazole rings is 1. The lowest BCUT2D eigenvalue weighted by atomic mass is 10.2. The van der Waals surface area contributed by atoms with Crippen molar-refractivity contribution < 1.29 is 5.21 Å². The van der Waals surface area contributed by atoms with E-state index in [1.807, 2.05) is 35.7 Å². The molecule has 1 heterocycles. The van der Waals surface area contributed by atoms with Crippen LogP contribution >= 0.6 is 11.3 Å². The Morgan fingerprint density at radius 3 is 2.75 bits per heavy atom. The molecule has 0 bridgehead atoms. The van der Waals surface area contributed by atoms with E-state index < -0.39 is 0 Å². The van der Waals surface area contributed by atoms with Crippen LogP contribution in [0.1, 0.15) is 5.01 Å². The maximum atomic E-state index is 8.69. The number of benzene rings is 1. The van der Waals surface area contributed by atoms with Crippen molar-refractivity contribution in [2.24, 2.45) is 5.16 Å². The van der Waals surface area contributed by atoms with Crippen molar-refractivity contribution in [3.05, 3.63) is 40.7 Å². The molecular weight excluding hydrogens is 222 g/mol. The molecule has 0 saturated carbocycles. The van der Waals surface area contributed by atoms with Crippen LogP contribution in [0, 0.1) is 11.3 Å². The number of hydrogen-bond donors (Lipinski definition) is 1. The highest BCUT2D eigenvalue weighted by Gasteiger charge is 2.09. The summed E-state index contributed by atoms with van der Waals surface area (Å²) in [7, 11) is 0. The highest BCUT2D eigenvalue weighted by atomic mass is 32.1. The molecule has 1 aromatic heterocycles. The van der Waals surface area contributed by atoms with E-state index in [2.05, 4.69) is 10.1 Å². The molecule has 0 spiro atoms. The Morgan fingerprint density at radius 1 is 1.38 bits per heavy atom. The summed E-state index contributed by atoms with van der Waals surface area (Å²) < 4.78 is 0. The van der Waals surface area contributed by atoms with Gasteiger partial charge in [0, 0.05) is 10.9 Å². The molecule has 0 aliphatic carbocycles. The lowest BCUT2D eigenvalue weighted by Crippen LogP contribution is -1.95. The Hall–Kier alpha value is -2.19. The molecule has 0 fully saturated rings. The summed E-state index contributed by atoms with van der Waals surface area (Å²) in [6.07, 6.45) is 0. The van der Waals surface area contributed by atoms with Gasteiger partial charge in [-0.3, -0.25) is 0 Å². The quantitative estimate of drug-likeness (QED) is 0.488. The Kier molecular flexibility index (Phi) is 2.94. The average molecular weight is 229 g/mol. The van der Waals surface area contributed by atoms with E-state index in [-0.39, 0.29) is 5.71 Å². The van der Waals surface area contributed by atoms with Crippen molar-refractivity contribution in [3.8, 4) is 17.3 Å². The zero-order chi connectivity index (χ0) is 11.4. The second-order valence-electron chi connectivity index (χ2n) is 2.96. The van der Waals surface area contributed by atoms with Crippen LogP contribution in [-0.2, 0) is 0 Å². The van der Waals surface area contributed by atoms with E-state index in [0.717, 1.165) is 11.3 Å². The maximum absolute atomic E-state index is 8.69. The molecule has 0 radical (unpaired) electrons. The van der Waals surface area contributed by atoms with Crippen LogP contribution in [0.5, 0.6) is 0 Å². The molecule has 1 aromatic carbocycles. The summed E-state index contributed by atoms with van der Waals surface area (Å²) in [5.41, 5.74) is 1.68. The molecule has 4 nitrogen and oxygen atoms in total. The normalized spacial score (nSPS) is 11.1. The predicted octanol–water partition coefficient (Wildman–Crippen LogP) is 2.51. The molecule has 5 heteroatoms. The lowest BCUT2D eigenvalue weighted by Gasteiger charge is -1.93. The standard InChI is InChI=1S/C11H7N3OS/c12-6-9(14-15)11-13-10(7-16-11)8-4-2-1-3-5-8/h1-5,7,15H/b14-9-. The van der Waals surface area contributed by atoms with Gasteiger partial charge in [-0.15, -0.1) is 11.3 Å². The third-order valence-electron chi connectivity index (χ3n) is 1.98. The van der Waals surface area contributed by atoms with Crippen LogP contribution in [0.25, 0.3) is 11.3 Å². The molecular formula is C11H7N3OS. The largest absolute Gasteiger partial charge is 0.410 e. The minimum Gasteiger partial charge on any atom is -0.410 e. The molecule has 0 unspecified atom stereocenters. The molecule has 2 aromatic rings. The van der Waals surface area contributed by atoms with Crippen molar-refractivity contribution in [3.63, 3.8) is 0 Å². The molecule has 78 valence electrons. The van der Waals surface area contributed by atoms with Gasteiger partial charge in [-0.05, 0) is 0 Å². The summed E-state index contributed by atoms with van der Waals surface area (Å²) in [6, 6.07) is 11.4. The topological polar surface area (TPSA) is 69.3 Å². The van der Waals surface area contributed by atoms with E-state index >= 15 is 0 Å². The van der Waals surface area contributed by atoms with Gasteiger partial charge in [-0.1, -0.05) is 35.5 Å². The minimum atomic E-state index is -0.0628. The lowest BCUT2D eigenvalue weighted by molar-refractivity contribution is 0.320. The van der Waals surface area contributed by atoms with E-state index in [0.29, 0.717) is 5.01 Å². The van der Waals surface area contributed by atoms with E-state index in [1.165, 1.54) is 11.3 Å². The van der Waals surface area contributed by atoms with Crippen molar-refractivity contribution in [1.29, 1.82) is 5.26 Å². The number of hydrogen-bond acceptors (Lipinski definition) is 5. The van der Waals surface area contributed by atoms with Crippen LogP contribution in [0.3, 0.4) is 0 Å². The smallest absolute Gasteiger partial charge is 0.215 e. The molecule has 0 amide bonds. The molecule has 0 aliphatic rings.